The highest BCUT2D eigenvalue weighted by atomic mass is 32.1. The Kier molecular flexibility index (Phi) is 7.42. The number of thiocarbonyl (C=S) groups is 1. The van der Waals surface area contributed by atoms with Crippen LogP contribution in [0.25, 0.3) is 0 Å². The minimum absolute atomic E-state index is 0.309. The number of halogens is 1. The standard InChI is InChI=1S/C20H29FN2O5S/c1-5-24-11-14(25-6-2)16-15(17-18(26-16)28-20(3,4)27-17)23-19(29)22-13-9-7-12(21)8-10-13/h7-10,14-18H,5-6,11H2,1-4H3,(H2,22,23,29)/t14-,15+,16-,17-,18-/m1/s1. The van der Waals surface area contributed by atoms with Gasteiger partial charge in [-0.25, -0.2) is 4.39 Å². The molecule has 162 valence electrons. The van der Waals surface area contributed by atoms with Crippen LogP contribution in [0.3, 0.4) is 0 Å². The van der Waals surface area contributed by atoms with Gasteiger partial charge in [0.25, 0.3) is 0 Å². The van der Waals surface area contributed by atoms with E-state index < -0.39 is 12.1 Å². The minimum Gasteiger partial charge on any atom is -0.379 e. The fraction of sp³-hybridized carbons (Fsp3) is 0.650. The SMILES string of the molecule is CCOC[C@@H](OCC)[C@H]1O[C@@H]2OC(C)(C)O[C@@H]2[C@H]1NC(=S)Nc1ccc(F)cc1. The summed E-state index contributed by atoms with van der Waals surface area (Å²) in [5, 5.41) is 6.71. The molecule has 7 nitrogen and oxygen atoms in total. The van der Waals surface area contributed by atoms with Crippen molar-refractivity contribution in [1.82, 2.24) is 5.32 Å². The van der Waals surface area contributed by atoms with Crippen LogP contribution in [0.2, 0.25) is 0 Å². The highest BCUT2D eigenvalue weighted by Crippen LogP contribution is 2.39. The van der Waals surface area contributed by atoms with E-state index in [9.17, 15) is 4.39 Å². The average molecular weight is 429 g/mol. The van der Waals surface area contributed by atoms with Crippen LogP contribution in [0.15, 0.2) is 24.3 Å². The summed E-state index contributed by atoms with van der Waals surface area (Å²) in [6, 6.07) is 5.65. The molecule has 2 aliphatic heterocycles. The second-order valence-corrected chi connectivity index (χ2v) is 7.76. The molecule has 9 heteroatoms. The quantitative estimate of drug-likeness (QED) is 0.613. The van der Waals surface area contributed by atoms with Gasteiger partial charge in [0, 0.05) is 18.9 Å². The van der Waals surface area contributed by atoms with Gasteiger partial charge in [-0.05, 0) is 64.2 Å². The lowest BCUT2D eigenvalue weighted by molar-refractivity contribution is -0.222. The Balaban J connectivity index is 1.73. The number of hydrogen-bond acceptors (Lipinski definition) is 6. The number of rotatable bonds is 8. The van der Waals surface area contributed by atoms with Crippen molar-refractivity contribution >= 4 is 23.0 Å². The molecule has 2 heterocycles. The molecule has 0 unspecified atom stereocenters. The smallest absolute Gasteiger partial charge is 0.189 e. The van der Waals surface area contributed by atoms with Crippen LogP contribution >= 0.6 is 12.2 Å². The third kappa shape index (κ3) is 5.62. The molecule has 0 spiro atoms. The normalized spacial score (nSPS) is 28.7. The first kappa shape index (κ1) is 22.3. The van der Waals surface area contributed by atoms with Crippen molar-refractivity contribution in [2.24, 2.45) is 0 Å². The maximum atomic E-state index is 13.1. The Labute approximate surface area is 176 Å². The van der Waals surface area contributed by atoms with Crippen molar-refractivity contribution < 1.29 is 28.1 Å². The monoisotopic (exact) mass is 428 g/mol. The zero-order chi connectivity index (χ0) is 21.0. The van der Waals surface area contributed by atoms with Crippen LogP contribution in [0.1, 0.15) is 27.7 Å². The highest BCUT2D eigenvalue weighted by Gasteiger charge is 2.57. The summed E-state index contributed by atoms with van der Waals surface area (Å²) < 4.78 is 42.7. The molecular formula is C20H29FN2O5S. The van der Waals surface area contributed by atoms with E-state index in [2.05, 4.69) is 10.6 Å². The summed E-state index contributed by atoms with van der Waals surface area (Å²) in [6.07, 6.45) is -1.61. The molecule has 2 saturated heterocycles. The second-order valence-electron chi connectivity index (χ2n) is 7.35. The molecule has 2 aliphatic rings. The van der Waals surface area contributed by atoms with E-state index in [-0.39, 0.29) is 30.2 Å². The lowest BCUT2D eigenvalue weighted by Gasteiger charge is -2.31. The maximum Gasteiger partial charge on any atom is 0.189 e. The van der Waals surface area contributed by atoms with Gasteiger partial charge in [0.15, 0.2) is 17.2 Å². The molecule has 1 aromatic rings. The molecule has 0 amide bonds. The topological polar surface area (TPSA) is 70.2 Å². The molecular weight excluding hydrogens is 399 g/mol. The average Bonchev–Trinajstić information content (AvgIpc) is 3.13. The molecule has 2 fully saturated rings. The van der Waals surface area contributed by atoms with Gasteiger partial charge in [-0.2, -0.15) is 0 Å². The van der Waals surface area contributed by atoms with E-state index in [0.29, 0.717) is 30.6 Å². The molecule has 5 atom stereocenters. The number of benzene rings is 1. The van der Waals surface area contributed by atoms with Crippen LogP contribution in [0.5, 0.6) is 0 Å². The van der Waals surface area contributed by atoms with Gasteiger partial charge in [-0.1, -0.05) is 0 Å². The third-order valence-electron chi connectivity index (χ3n) is 4.72. The number of nitrogens with one attached hydrogen (secondary N) is 2. The van der Waals surface area contributed by atoms with Gasteiger partial charge < -0.3 is 34.3 Å². The molecule has 0 saturated carbocycles. The van der Waals surface area contributed by atoms with Crippen molar-refractivity contribution in [2.75, 3.05) is 25.1 Å². The predicted molar refractivity (Wildman–Crippen MR) is 110 cm³/mol. The molecule has 0 bridgehead atoms. The van der Waals surface area contributed by atoms with Gasteiger partial charge in [-0.15, -0.1) is 0 Å². The van der Waals surface area contributed by atoms with E-state index in [4.69, 9.17) is 35.9 Å². The van der Waals surface area contributed by atoms with Crippen molar-refractivity contribution in [3.05, 3.63) is 30.1 Å². The molecule has 0 aliphatic carbocycles. The van der Waals surface area contributed by atoms with E-state index in [1.54, 1.807) is 12.1 Å². The van der Waals surface area contributed by atoms with Crippen molar-refractivity contribution in [3.8, 4) is 0 Å². The third-order valence-corrected chi connectivity index (χ3v) is 4.94. The summed E-state index contributed by atoms with van der Waals surface area (Å²) in [6.45, 7) is 9.02. The Hall–Kier alpha value is -1.36. The summed E-state index contributed by atoms with van der Waals surface area (Å²) >= 11 is 5.47. The first-order valence-corrected chi connectivity index (χ1v) is 10.3. The minimum atomic E-state index is -0.757. The Morgan fingerprint density at radius 1 is 1.21 bits per heavy atom. The number of anilines is 1. The molecule has 0 radical (unpaired) electrons. The van der Waals surface area contributed by atoms with Gasteiger partial charge in [0.05, 0.1) is 12.6 Å². The lowest BCUT2D eigenvalue weighted by atomic mass is 10.0. The lowest BCUT2D eigenvalue weighted by Crippen LogP contribution is -2.54. The number of fused-ring (bicyclic) bond motifs is 1. The molecule has 1 aromatic carbocycles. The molecule has 2 N–H and O–H groups in total. The maximum absolute atomic E-state index is 13.1. The van der Waals surface area contributed by atoms with Crippen LogP contribution in [0.4, 0.5) is 10.1 Å². The van der Waals surface area contributed by atoms with Crippen molar-refractivity contribution in [3.63, 3.8) is 0 Å². The van der Waals surface area contributed by atoms with E-state index >= 15 is 0 Å². The Bertz CT molecular complexity index is 690. The largest absolute Gasteiger partial charge is 0.379 e. The van der Waals surface area contributed by atoms with E-state index in [0.717, 1.165) is 0 Å². The second kappa shape index (κ2) is 9.63. The van der Waals surface area contributed by atoms with Gasteiger partial charge in [0.1, 0.15) is 24.1 Å². The first-order chi connectivity index (χ1) is 13.8. The van der Waals surface area contributed by atoms with Gasteiger partial charge in [0.2, 0.25) is 0 Å². The van der Waals surface area contributed by atoms with Crippen molar-refractivity contribution in [1.29, 1.82) is 0 Å². The van der Waals surface area contributed by atoms with E-state index in [1.165, 1.54) is 12.1 Å². The van der Waals surface area contributed by atoms with E-state index in [1.807, 2.05) is 27.7 Å². The fourth-order valence-electron chi connectivity index (χ4n) is 3.55. The fourth-order valence-corrected chi connectivity index (χ4v) is 3.81. The van der Waals surface area contributed by atoms with Crippen LogP contribution in [-0.2, 0) is 23.7 Å². The molecule has 3 rings (SSSR count). The number of hydrogen-bond donors (Lipinski definition) is 2. The summed E-state index contributed by atoms with van der Waals surface area (Å²) in [4.78, 5) is 0. The summed E-state index contributed by atoms with van der Waals surface area (Å²) in [5.74, 6) is -1.07. The summed E-state index contributed by atoms with van der Waals surface area (Å²) in [5.41, 5.74) is 0.676. The zero-order valence-electron chi connectivity index (χ0n) is 17.1. The molecule has 0 aromatic heterocycles. The van der Waals surface area contributed by atoms with Gasteiger partial charge >= 0.3 is 0 Å². The zero-order valence-corrected chi connectivity index (χ0v) is 18.0. The predicted octanol–water partition coefficient (Wildman–Crippen LogP) is 2.80. The molecule has 29 heavy (non-hydrogen) atoms. The van der Waals surface area contributed by atoms with Gasteiger partial charge in [-0.3, -0.25) is 0 Å². The highest BCUT2D eigenvalue weighted by molar-refractivity contribution is 7.80. The Morgan fingerprint density at radius 3 is 2.59 bits per heavy atom. The summed E-state index contributed by atoms with van der Waals surface area (Å²) in [7, 11) is 0. The number of ether oxygens (including phenoxy) is 5. The Morgan fingerprint density at radius 2 is 1.93 bits per heavy atom. The van der Waals surface area contributed by atoms with Crippen LogP contribution < -0.4 is 10.6 Å². The van der Waals surface area contributed by atoms with Crippen LogP contribution in [-0.4, -0.2) is 61.4 Å². The first-order valence-electron chi connectivity index (χ1n) is 9.86. The van der Waals surface area contributed by atoms with Crippen molar-refractivity contribution in [2.45, 2.75) is 64.1 Å². The van der Waals surface area contributed by atoms with Crippen LogP contribution in [0, 0.1) is 5.82 Å².